The Morgan fingerprint density at radius 2 is 2.20 bits per heavy atom. The predicted octanol–water partition coefficient (Wildman–Crippen LogP) is 1.81. The predicted molar refractivity (Wildman–Crippen MR) is 97.0 cm³/mol. The SMILES string of the molecule is Cc1ccc2[nH]nc(C(=O)N3CCCCC3CCNS(C)(=O)=O)c2c1. The molecular formula is C17H24N4O3S. The number of nitrogens with zero attached hydrogens (tertiary/aromatic N) is 2. The number of hydrogen-bond donors (Lipinski definition) is 2. The van der Waals surface area contributed by atoms with Gasteiger partial charge in [0, 0.05) is 24.5 Å². The van der Waals surface area contributed by atoms with Gasteiger partial charge in [-0.05, 0) is 44.7 Å². The van der Waals surface area contributed by atoms with Crippen LogP contribution in [-0.2, 0) is 10.0 Å². The van der Waals surface area contributed by atoms with Gasteiger partial charge in [0.05, 0.1) is 11.8 Å². The molecule has 0 saturated carbocycles. The minimum atomic E-state index is -3.21. The number of benzene rings is 1. The van der Waals surface area contributed by atoms with Gasteiger partial charge >= 0.3 is 0 Å². The summed E-state index contributed by atoms with van der Waals surface area (Å²) in [6, 6.07) is 5.91. The smallest absolute Gasteiger partial charge is 0.275 e. The molecular weight excluding hydrogens is 340 g/mol. The number of nitrogens with one attached hydrogen (secondary N) is 2. The fourth-order valence-electron chi connectivity index (χ4n) is 3.41. The lowest BCUT2D eigenvalue weighted by molar-refractivity contribution is 0.0600. The molecule has 25 heavy (non-hydrogen) atoms. The Bertz CT molecular complexity index is 875. The Morgan fingerprint density at radius 1 is 1.40 bits per heavy atom. The third kappa shape index (κ3) is 4.19. The number of sulfonamides is 1. The van der Waals surface area contributed by atoms with Gasteiger partial charge in [0.15, 0.2) is 5.69 Å². The third-order valence-corrected chi connectivity index (χ3v) is 5.38. The minimum absolute atomic E-state index is 0.0343. The molecule has 1 aliphatic rings. The number of H-pyrrole nitrogens is 1. The normalized spacial score (nSPS) is 18.6. The van der Waals surface area contributed by atoms with Crippen LogP contribution in [0.5, 0.6) is 0 Å². The summed E-state index contributed by atoms with van der Waals surface area (Å²) in [4.78, 5) is 14.9. The van der Waals surface area contributed by atoms with Gasteiger partial charge in [0.25, 0.3) is 5.91 Å². The van der Waals surface area contributed by atoms with E-state index in [4.69, 9.17) is 0 Å². The van der Waals surface area contributed by atoms with Crippen molar-refractivity contribution in [3.63, 3.8) is 0 Å². The molecule has 136 valence electrons. The number of aromatic nitrogens is 2. The van der Waals surface area contributed by atoms with Crippen LogP contribution in [0.1, 0.15) is 41.7 Å². The summed E-state index contributed by atoms with van der Waals surface area (Å²) in [7, 11) is -3.21. The van der Waals surface area contributed by atoms with Crippen molar-refractivity contribution in [1.82, 2.24) is 19.8 Å². The standard InChI is InChI=1S/C17H24N4O3S/c1-12-6-7-15-14(11-12)16(20-19-15)17(22)21-10-4-3-5-13(21)8-9-18-25(2,23)24/h6-7,11,13,18H,3-5,8-10H2,1-2H3,(H,19,20). The number of carbonyl (C=O) groups excluding carboxylic acids is 1. The van der Waals surface area contributed by atoms with Crippen molar-refractivity contribution in [2.45, 2.75) is 38.6 Å². The number of aromatic amines is 1. The van der Waals surface area contributed by atoms with Crippen LogP contribution in [-0.4, -0.2) is 54.8 Å². The van der Waals surface area contributed by atoms with Gasteiger partial charge < -0.3 is 4.90 Å². The highest BCUT2D eigenvalue weighted by atomic mass is 32.2. The maximum atomic E-state index is 13.1. The Hall–Kier alpha value is -1.93. The minimum Gasteiger partial charge on any atom is -0.334 e. The van der Waals surface area contributed by atoms with Crippen molar-refractivity contribution in [1.29, 1.82) is 0 Å². The molecule has 0 aliphatic carbocycles. The van der Waals surface area contributed by atoms with Gasteiger partial charge in [-0.25, -0.2) is 13.1 Å². The lowest BCUT2D eigenvalue weighted by atomic mass is 9.98. The molecule has 1 fully saturated rings. The zero-order chi connectivity index (χ0) is 18.0. The molecule has 1 unspecified atom stereocenters. The van der Waals surface area contributed by atoms with E-state index in [1.807, 2.05) is 30.0 Å². The first-order valence-corrected chi connectivity index (χ1v) is 10.4. The second-order valence-electron chi connectivity index (χ2n) is 6.72. The number of hydrogen-bond acceptors (Lipinski definition) is 4. The fourth-order valence-corrected chi connectivity index (χ4v) is 3.89. The first-order valence-electron chi connectivity index (χ1n) is 8.55. The number of likely N-dealkylation sites (tertiary alicyclic amines) is 1. The van der Waals surface area contributed by atoms with Crippen molar-refractivity contribution in [3.05, 3.63) is 29.5 Å². The molecule has 8 heteroatoms. The van der Waals surface area contributed by atoms with Crippen LogP contribution in [0.25, 0.3) is 10.9 Å². The number of carbonyl (C=O) groups is 1. The molecule has 0 spiro atoms. The van der Waals surface area contributed by atoms with Gasteiger partial charge in [-0.2, -0.15) is 5.10 Å². The lowest BCUT2D eigenvalue weighted by Gasteiger charge is -2.35. The average molecular weight is 364 g/mol. The highest BCUT2D eigenvalue weighted by Crippen LogP contribution is 2.24. The molecule has 2 N–H and O–H groups in total. The fraction of sp³-hybridized carbons (Fsp3) is 0.529. The number of piperidine rings is 1. The summed E-state index contributed by atoms with van der Waals surface area (Å²) in [6.45, 7) is 3.01. The Kier molecular flexibility index (Phi) is 5.10. The van der Waals surface area contributed by atoms with Crippen LogP contribution in [0.15, 0.2) is 18.2 Å². The van der Waals surface area contributed by atoms with Crippen molar-refractivity contribution >= 4 is 26.8 Å². The van der Waals surface area contributed by atoms with E-state index in [0.29, 0.717) is 25.2 Å². The monoisotopic (exact) mass is 364 g/mol. The molecule has 1 atom stereocenters. The molecule has 1 saturated heterocycles. The third-order valence-electron chi connectivity index (χ3n) is 4.65. The van der Waals surface area contributed by atoms with E-state index >= 15 is 0 Å². The van der Waals surface area contributed by atoms with Crippen LogP contribution in [0.3, 0.4) is 0 Å². The van der Waals surface area contributed by atoms with Crippen molar-refractivity contribution in [2.24, 2.45) is 0 Å². The van der Waals surface area contributed by atoms with Gasteiger partial charge in [-0.3, -0.25) is 9.89 Å². The number of fused-ring (bicyclic) bond motifs is 1. The van der Waals surface area contributed by atoms with Crippen LogP contribution in [0, 0.1) is 6.92 Å². The molecule has 0 radical (unpaired) electrons. The van der Waals surface area contributed by atoms with E-state index in [9.17, 15) is 13.2 Å². The second kappa shape index (κ2) is 7.13. The summed E-state index contributed by atoms with van der Waals surface area (Å²) in [5.74, 6) is -0.0825. The molecule has 3 rings (SSSR count). The topological polar surface area (TPSA) is 95.2 Å². The van der Waals surface area contributed by atoms with Crippen molar-refractivity contribution in [2.75, 3.05) is 19.3 Å². The summed E-state index contributed by atoms with van der Waals surface area (Å²) in [5, 5.41) is 8.00. The first-order chi connectivity index (χ1) is 11.8. The van der Waals surface area contributed by atoms with Gasteiger partial charge in [0.2, 0.25) is 10.0 Å². The zero-order valence-corrected chi connectivity index (χ0v) is 15.4. The summed E-state index contributed by atoms with van der Waals surface area (Å²) in [6.07, 6.45) is 4.66. The highest BCUT2D eigenvalue weighted by molar-refractivity contribution is 7.88. The molecule has 2 aromatic rings. The van der Waals surface area contributed by atoms with E-state index in [2.05, 4.69) is 14.9 Å². The second-order valence-corrected chi connectivity index (χ2v) is 8.56. The Balaban J connectivity index is 1.79. The summed E-state index contributed by atoms with van der Waals surface area (Å²) in [5.41, 5.74) is 2.37. The van der Waals surface area contributed by atoms with Crippen LogP contribution in [0.2, 0.25) is 0 Å². The lowest BCUT2D eigenvalue weighted by Crippen LogP contribution is -2.45. The van der Waals surface area contributed by atoms with Gasteiger partial charge in [-0.1, -0.05) is 11.6 Å². The quantitative estimate of drug-likeness (QED) is 0.846. The maximum Gasteiger partial charge on any atom is 0.275 e. The molecule has 1 aromatic heterocycles. The average Bonchev–Trinajstić information content (AvgIpc) is 2.96. The van der Waals surface area contributed by atoms with E-state index in [-0.39, 0.29) is 11.9 Å². The van der Waals surface area contributed by atoms with Gasteiger partial charge in [0.1, 0.15) is 0 Å². The molecule has 1 aromatic carbocycles. The van der Waals surface area contributed by atoms with Crippen molar-refractivity contribution in [3.8, 4) is 0 Å². The first kappa shape index (κ1) is 17.9. The number of aryl methyl sites for hydroxylation is 1. The highest BCUT2D eigenvalue weighted by Gasteiger charge is 2.29. The Labute approximate surface area is 147 Å². The summed E-state index contributed by atoms with van der Waals surface area (Å²) < 4.78 is 25.0. The number of amides is 1. The Morgan fingerprint density at radius 3 is 2.96 bits per heavy atom. The molecule has 1 amide bonds. The van der Waals surface area contributed by atoms with Crippen LogP contribution >= 0.6 is 0 Å². The molecule has 2 heterocycles. The molecule has 0 bridgehead atoms. The van der Waals surface area contributed by atoms with Crippen molar-refractivity contribution < 1.29 is 13.2 Å². The van der Waals surface area contributed by atoms with E-state index in [1.165, 1.54) is 0 Å². The van der Waals surface area contributed by atoms with Crippen LogP contribution < -0.4 is 4.72 Å². The van der Waals surface area contributed by atoms with E-state index < -0.39 is 10.0 Å². The maximum absolute atomic E-state index is 13.1. The molecule has 7 nitrogen and oxygen atoms in total. The van der Waals surface area contributed by atoms with E-state index in [0.717, 1.165) is 42.0 Å². The largest absolute Gasteiger partial charge is 0.334 e. The molecule has 1 aliphatic heterocycles. The van der Waals surface area contributed by atoms with Crippen LogP contribution in [0.4, 0.5) is 0 Å². The van der Waals surface area contributed by atoms with Gasteiger partial charge in [-0.15, -0.1) is 0 Å². The van der Waals surface area contributed by atoms with E-state index in [1.54, 1.807) is 0 Å². The zero-order valence-electron chi connectivity index (χ0n) is 14.6. The number of rotatable bonds is 5. The summed E-state index contributed by atoms with van der Waals surface area (Å²) >= 11 is 0.